The monoisotopic (exact) mass is 496 g/mol. The van der Waals surface area contributed by atoms with Crippen molar-refractivity contribution in [2.45, 2.75) is 26.3 Å². The molecule has 184 valence electrons. The van der Waals surface area contributed by atoms with Gasteiger partial charge in [-0.05, 0) is 55.7 Å². The van der Waals surface area contributed by atoms with E-state index in [9.17, 15) is 17.6 Å². The molecule has 2 aliphatic heterocycles. The Morgan fingerprint density at radius 3 is 2.40 bits per heavy atom. The van der Waals surface area contributed by atoms with E-state index in [1.54, 1.807) is 33.8 Å². The van der Waals surface area contributed by atoms with Crippen LogP contribution in [0.5, 0.6) is 0 Å². The number of anilines is 1. The van der Waals surface area contributed by atoms with Gasteiger partial charge in [-0.3, -0.25) is 9.48 Å². The van der Waals surface area contributed by atoms with Gasteiger partial charge in [0.2, 0.25) is 0 Å². The molecule has 0 radical (unpaired) electrons. The maximum Gasteiger partial charge on any atom is 0.274 e. The highest BCUT2D eigenvalue weighted by Crippen LogP contribution is 2.31. The number of aryl methyl sites for hydroxylation is 2. The number of aromatic nitrogens is 2. The summed E-state index contributed by atoms with van der Waals surface area (Å²) in [7, 11) is -3.12. The zero-order chi connectivity index (χ0) is 24.7. The van der Waals surface area contributed by atoms with Gasteiger partial charge in [-0.2, -0.15) is 5.10 Å². The topological polar surface area (TPSA) is 75.5 Å². The Morgan fingerprint density at radius 2 is 1.74 bits per heavy atom. The van der Waals surface area contributed by atoms with Crippen molar-refractivity contribution in [3.8, 4) is 11.3 Å². The number of rotatable bonds is 4. The number of carbonyl (C=O) groups is 1. The van der Waals surface area contributed by atoms with Crippen molar-refractivity contribution in [1.82, 2.24) is 14.7 Å². The maximum absolute atomic E-state index is 14.2. The van der Waals surface area contributed by atoms with Crippen LogP contribution in [0.15, 0.2) is 48.5 Å². The van der Waals surface area contributed by atoms with Crippen LogP contribution < -0.4 is 4.90 Å². The van der Waals surface area contributed by atoms with Gasteiger partial charge in [0.25, 0.3) is 5.91 Å². The maximum atomic E-state index is 14.2. The third-order valence-corrected chi connectivity index (χ3v) is 8.82. The lowest BCUT2D eigenvalue weighted by Crippen LogP contribution is -2.49. The van der Waals surface area contributed by atoms with Crippen LogP contribution in [0.25, 0.3) is 11.3 Å². The average Bonchev–Trinajstić information content (AvgIpc) is 3.44. The lowest BCUT2D eigenvalue weighted by atomic mass is 10.0. The summed E-state index contributed by atoms with van der Waals surface area (Å²) in [5, 5.41) is 4.64. The highest BCUT2D eigenvalue weighted by Gasteiger charge is 2.33. The van der Waals surface area contributed by atoms with E-state index >= 15 is 0 Å². The largest absolute Gasteiger partial charge is 0.366 e. The van der Waals surface area contributed by atoms with Gasteiger partial charge in [0.1, 0.15) is 5.82 Å². The minimum atomic E-state index is -3.12. The number of halogens is 1. The number of hydrogen-bond donors (Lipinski definition) is 0. The molecule has 2 aliphatic rings. The molecule has 0 bridgehead atoms. The fourth-order valence-electron chi connectivity index (χ4n) is 4.88. The van der Waals surface area contributed by atoms with Crippen LogP contribution in [-0.2, 0) is 9.84 Å². The van der Waals surface area contributed by atoms with E-state index in [4.69, 9.17) is 0 Å². The molecule has 9 heteroatoms. The highest BCUT2D eigenvalue weighted by molar-refractivity contribution is 7.91. The SMILES string of the molecule is Cc1ccc(-c2cc(C(=O)N3CCN(c4ccccc4F)CC3)nn2C2CCS(=O)(=O)C2)cc1C. The number of benzene rings is 2. The van der Waals surface area contributed by atoms with Gasteiger partial charge in [0, 0.05) is 31.7 Å². The summed E-state index contributed by atoms with van der Waals surface area (Å²) in [5.74, 6) is -0.300. The Balaban J connectivity index is 1.41. The first-order valence-electron chi connectivity index (χ1n) is 11.9. The van der Waals surface area contributed by atoms with E-state index in [2.05, 4.69) is 5.10 Å². The molecule has 3 aromatic rings. The summed E-state index contributed by atoms with van der Waals surface area (Å²) in [6, 6.07) is 14.2. The van der Waals surface area contributed by atoms with Gasteiger partial charge >= 0.3 is 0 Å². The molecular formula is C26H29FN4O3S. The molecule has 0 saturated carbocycles. The van der Waals surface area contributed by atoms with E-state index < -0.39 is 9.84 Å². The molecule has 1 atom stereocenters. The molecule has 1 unspecified atom stereocenters. The lowest BCUT2D eigenvalue weighted by molar-refractivity contribution is 0.0739. The zero-order valence-corrected chi connectivity index (χ0v) is 20.8. The minimum Gasteiger partial charge on any atom is -0.366 e. The predicted molar refractivity (Wildman–Crippen MR) is 134 cm³/mol. The van der Waals surface area contributed by atoms with Gasteiger partial charge < -0.3 is 9.80 Å². The molecule has 1 aromatic heterocycles. The molecule has 0 spiro atoms. The molecular weight excluding hydrogens is 467 g/mol. The first kappa shape index (κ1) is 23.5. The molecule has 1 amide bonds. The third kappa shape index (κ3) is 4.69. The second-order valence-electron chi connectivity index (χ2n) is 9.45. The molecule has 7 nitrogen and oxygen atoms in total. The second-order valence-corrected chi connectivity index (χ2v) is 11.7. The van der Waals surface area contributed by atoms with Crippen molar-refractivity contribution in [2.24, 2.45) is 0 Å². The summed E-state index contributed by atoms with van der Waals surface area (Å²) in [5.41, 5.74) is 4.79. The standard InChI is InChI=1S/C26H29FN4O3S/c1-18-7-8-20(15-19(18)2)25-16-23(28-31(25)21-9-14-35(33,34)17-21)26(32)30-12-10-29(11-13-30)24-6-4-3-5-22(24)27/h3-8,15-16,21H,9-14,17H2,1-2H3. The molecule has 2 fully saturated rings. The molecule has 0 aliphatic carbocycles. The summed E-state index contributed by atoms with van der Waals surface area (Å²) >= 11 is 0. The Labute approximate surface area is 205 Å². The van der Waals surface area contributed by atoms with Crippen molar-refractivity contribution in [3.05, 3.63) is 71.2 Å². The third-order valence-electron chi connectivity index (χ3n) is 7.07. The van der Waals surface area contributed by atoms with Crippen LogP contribution in [0.1, 0.15) is 34.1 Å². The van der Waals surface area contributed by atoms with Crippen molar-refractivity contribution in [1.29, 1.82) is 0 Å². The average molecular weight is 497 g/mol. The second kappa shape index (κ2) is 9.11. The van der Waals surface area contributed by atoms with Crippen LogP contribution in [-0.4, -0.2) is 66.7 Å². The summed E-state index contributed by atoms with van der Waals surface area (Å²) in [4.78, 5) is 17.1. The Kier molecular flexibility index (Phi) is 6.13. The number of para-hydroxylation sites is 1. The number of hydrogen-bond acceptors (Lipinski definition) is 5. The quantitative estimate of drug-likeness (QED) is 0.552. The number of carbonyl (C=O) groups excluding carboxylic acids is 1. The fourth-order valence-corrected chi connectivity index (χ4v) is 6.57. The number of nitrogens with zero attached hydrogens (tertiary/aromatic N) is 4. The van der Waals surface area contributed by atoms with Crippen molar-refractivity contribution >= 4 is 21.4 Å². The van der Waals surface area contributed by atoms with Gasteiger partial charge in [-0.15, -0.1) is 0 Å². The summed E-state index contributed by atoms with van der Waals surface area (Å²) < 4.78 is 40.3. The summed E-state index contributed by atoms with van der Waals surface area (Å²) in [6.07, 6.45) is 0.483. The lowest BCUT2D eigenvalue weighted by Gasteiger charge is -2.35. The van der Waals surface area contributed by atoms with Gasteiger partial charge in [0.15, 0.2) is 15.5 Å². The van der Waals surface area contributed by atoms with Crippen molar-refractivity contribution in [2.75, 3.05) is 42.6 Å². The van der Waals surface area contributed by atoms with Crippen LogP contribution >= 0.6 is 0 Å². The van der Waals surface area contributed by atoms with Crippen molar-refractivity contribution in [3.63, 3.8) is 0 Å². The summed E-state index contributed by atoms with van der Waals surface area (Å²) in [6.45, 7) is 6.03. The molecule has 0 N–H and O–H groups in total. The number of sulfone groups is 1. The number of amides is 1. The smallest absolute Gasteiger partial charge is 0.274 e. The van der Waals surface area contributed by atoms with E-state index in [1.807, 2.05) is 36.9 Å². The first-order chi connectivity index (χ1) is 16.7. The van der Waals surface area contributed by atoms with E-state index in [1.165, 1.54) is 6.07 Å². The Bertz CT molecular complexity index is 1380. The molecule has 3 heterocycles. The van der Waals surface area contributed by atoms with Gasteiger partial charge in [0.05, 0.1) is 28.9 Å². The molecule has 2 saturated heterocycles. The fraction of sp³-hybridized carbons (Fsp3) is 0.385. The predicted octanol–water partition coefficient (Wildman–Crippen LogP) is 3.63. The van der Waals surface area contributed by atoms with Crippen LogP contribution in [0.4, 0.5) is 10.1 Å². The Hall–Kier alpha value is -3.20. The minimum absolute atomic E-state index is 0.0292. The zero-order valence-electron chi connectivity index (χ0n) is 19.9. The van der Waals surface area contributed by atoms with E-state index in [0.29, 0.717) is 44.0 Å². The first-order valence-corrected chi connectivity index (χ1v) is 13.7. The van der Waals surface area contributed by atoms with Crippen LogP contribution in [0.3, 0.4) is 0 Å². The van der Waals surface area contributed by atoms with Crippen LogP contribution in [0.2, 0.25) is 0 Å². The van der Waals surface area contributed by atoms with Gasteiger partial charge in [-0.1, -0.05) is 24.3 Å². The van der Waals surface area contributed by atoms with E-state index in [0.717, 1.165) is 22.4 Å². The molecule has 2 aromatic carbocycles. The van der Waals surface area contributed by atoms with Gasteiger partial charge in [-0.25, -0.2) is 12.8 Å². The van der Waals surface area contributed by atoms with Crippen molar-refractivity contribution < 1.29 is 17.6 Å². The normalized spacial score (nSPS) is 19.8. The highest BCUT2D eigenvalue weighted by atomic mass is 32.2. The van der Waals surface area contributed by atoms with E-state index in [-0.39, 0.29) is 29.3 Å². The molecule has 35 heavy (non-hydrogen) atoms. The number of piperazine rings is 1. The van der Waals surface area contributed by atoms with Crippen LogP contribution in [0, 0.1) is 19.7 Å². The molecule has 5 rings (SSSR count). The Morgan fingerprint density at radius 1 is 1.00 bits per heavy atom.